The van der Waals surface area contributed by atoms with Crippen molar-refractivity contribution < 1.29 is 2.85 Å². The fraction of sp³-hybridized carbons (Fsp3) is 0.500. The molecule has 0 N–H and O–H groups in total. The molecule has 6 heavy (non-hydrogen) atoms. The van der Waals surface area contributed by atoms with Gasteiger partial charge in [-0.05, 0) is 6.92 Å². The number of rotatable bonds is 1. The first kappa shape index (κ1) is 9.93. The molecule has 0 rings (SSSR count). The van der Waals surface area contributed by atoms with E-state index in [0.29, 0.717) is 5.88 Å². The maximum Gasteiger partial charge on any atom is 2.00 e. The summed E-state index contributed by atoms with van der Waals surface area (Å²) in [4.78, 5) is 0. The molecule has 0 aliphatic heterocycles. The van der Waals surface area contributed by atoms with Crippen LogP contribution in [-0.2, 0) is 0 Å². The van der Waals surface area contributed by atoms with Gasteiger partial charge in [-0.3, -0.25) is 0 Å². The Balaban J connectivity index is -0.0000000267. The van der Waals surface area contributed by atoms with E-state index in [0.717, 1.165) is 0 Å². The molecule has 2 heteroatoms. The third kappa shape index (κ3) is 8.84. The van der Waals surface area contributed by atoms with E-state index in [1.165, 1.54) is 0 Å². The van der Waals surface area contributed by atoms with E-state index in [1.807, 2.05) is 19.1 Å². The van der Waals surface area contributed by atoms with Gasteiger partial charge in [0.25, 0.3) is 0 Å². The smallest absolute Gasteiger partial charge is 1.00 e. The summed E-state index contributed by atoms with van der Waals surface area (Å²) in [6, 6.07) is 0. The van der Waals surface area contributed by atoms with Crippen molar-refractivity contribution in [1.82, 2.24) is 0 Å². The van der Waals surface area contributed by atoms with Crippen molar-refractivity contribution >= 4 is 34.7 Å². The Labute approximate surface area is 62.7 Å². The van der Waals surface area contributed by atoms with Gasteiger partial charge in [-0.15, -0.1) is 11.6 Å². The molecule has 0 saturated heterocycles. The van der Waals surface area contributed by atoms with Crippen molar-refractivity contribution in [1.29, 1.82) is 0 Å². The Morgan fingerprint density at radius 1 is 1.83 bits per heavy atom. The molecule has 0 saturated carbocycles. The van der Waals surface area contributed by atoms with Crippen LogP contribution >= 0.6 is 11.6 Å². The van der Waals surface area contributed by atoms with Gasteiger partial charge in [0.05, 0.1) is 0 Å². The molecule has 0 spiro atoms. The normalized spacial score (nSPS) is 8.33. The minimum Gasteiger partial charge on any atom is -1.00 e. The summed E-state index contributed by atoms with van der Waals surface area (Å²) in [6.07, 6.45) is 3.81. The molecule has 0 amide bonds. The average Bonchev–Trinajstić information content (AvgIpc) is 1.41. The van der Waals surface area contributed by atoms with Crippen molar-refractivity contribution in [3.8, 4) is 0 Å². The Hall–Kier alpha value is 0.796. The third-order valence-corrected chi connectivity index (χ3v) is 0.503. The van der Waals surface area contributed by atoms with E-state index in [-0.39, 0.29) is 25.9 Å². The topological polar surface area (TPSA) is 0 Å². The van der Waals surface area contributed by atoms with Crippen LogP contribution in [0.4, 0.5) is 0 Å². The fourth-order valence-electron chi connectivity index (χ4n) is 0.0891. The first-order chi connectivity index (χ1) is 2.41. The van der Waals surface area contributed by atoms with E-state index < -0.39 is 0 Å². The minimum absolute atomic E-state index is 0. The third-order valence-electron chi connectivity index (χ3n) is 0.325. The van der Waals surface area contributed by atoms with Gasteiger partial charge in [0.1, 0.15) is 0 Å². The van der Waals surface area contributed by atoms with Crippen LogP contribution in [0.2, 0.25) is 0 Å². The van der Waals surface area contributed by atoms with Gasteiger partial charge >= 0.3 is 23.1 Å². The summed E-state index contributed by atoms with van der Waals surface area (Å²) >= 11 is 5.21. The second kappa shape index (κ2) is 9.25. The van der Waals surface area contributed by atoms with Crippen LogP contribution in [0, 0.1) is 0 Å². The molecule has 0 aromatic carbocycles. The number of hydrogen-bond acceptors (Lipinski definition) is 0. The van der Waals surface area contributed by atoms with Crippen molar-refractivity contribution in [2.75, 3.05) is 5.88 Å². The molecule has 0 aromatic rings. The summed E-state index contributed by atoms with van der Waals surface area (Å²) in [7, 11) is 0. The predicted molar refractivity (Wildman–Crippen MR) is 33.5 cm³/mol. The van der Waals surface area contributed by atoms with E-state index in [2.05, 4.69) is 0 Å². The van der Waals surface area contributed by atoms with Crippen LogP contribution in [0.25, 0.3) is 0 Å². The van der Waals surface area contributed by atoms with Gasteiger partial charge in [0.15, 0.2) is 0 Å². The largest absolute Gasteiger partial charge is 2.00 e. The molecule has 0 heterocycles. The predicted octanol–water partition coefficient (Wildman–Crippen LogP) is 1.65. The van der Waals surface area contributed by atoms with Gasteiger partial charge in [-0.2, -0.15) is 0 Å². The molecule has 0 nitrogen and oxygen atoms in total. The number of allylic oxidation sites excluding steroid dienone is 2. The van der Waals surface area contributed by atoms with Gasteiger partial charge in [-0.1, -0.05) is 12.2 Å². The summed E-state index contributed by atoms with van der Waals surface area (Å²) in [5.41, 5.74) is 0. The monoisotopic (exact) mass is 116 g/mol. The Morgan fingerprint density at radius 2 is 2.33 bits per heavy atom. The Kier molecular flexibility index (Phi) is 15.3. The molecule has 0 aliphatic rings. The van der Waals surface area contributed by atoms with Crippen molar-refractivity contribution in [3.63, 3.8) is 0 Å². The summed E-state index contributed by atoms with van der Waals surface area (Å²) in [5.74, 6) is 0.635. The van der Waals surface area contributed by atoms with Crippen molar-refractivity contribution in [2.45, 2.75) is 6.92 Å². The van der Waals surface area contributed by atoms with Crippen LogP contribution < -0.4 is 0 Å². The second-order valence-electron chi connectivity index (χ2n) is 0.723. The van der Waals surface area contributed by atoms with E-state index in [9.17, 15) is 0 Å². The number of hydrogen-bond donors (Lipinski definition) is 0. The molecular weight excluding hydrogens is 108 g/mol. The Bertz CT molecular complexity index is 41.0. The van der Waals surface area contributed by atoms with E-state index >= 15 is 0 Å². The van der Waals surface area contributed by atoms with Crippen LogP contribution in [0.3, 0.4) is 0 Å². The fourth-order valence-corrected chi connectivity index (χ4v) is 0.267. The SMILES string of the molecule is C/C=C/CCl.[H-].[H-].[Mg+2]. The van der Waals surface area contributed by atoms with Crippen LogP contribution in [0.15, 0.2) is 12.2 Å². The minimum atomic E-state index is 0. The van der Waals surface area contributed by atoms with Gasteiger partial charge in [0.2, 0.25) is 0 Å². The molecule has 0 fully saturated rings. The van der Waals surface area contributed by atoms with Gasteiger partial charge < -0.3 is 2.85 Å². The van der Waals surface area contributed by atoms with Gasteiger partial charge in [0, 0.05) is 5.88 Å². The second-order valence-corrected chi connectivity index (χ2v) is 1.03. The zero-order valence-electron chi connectivity index (χ0n) is 5.95. The van der Waals surface area contributed by atoms with Crippen LogP contribution in [0.1, 0.15) is 9.78 Å². The molecule has 0 bridgehead atoms. The van der Waals surface area contributed by atoms with E-state index in [1.54, 1.807) is 0 Å². The average molecular weight is 117 g/mol. The first-order valence-corrected chi connectivity index (χ1v) is 2.12. The van der Waals surface area contributed by atoms with Crippen molar-refractivity contribution in [3.05, 3.63) is 12.2 Å². The molecule has 0 aliphatic carbocycles. The maximum atomic E-state index is 5.21. The zero-order chi connectivity index (χ0) is 4.12. The standard InChI is InChI=1S/C4H7Cl.Mg.2H/c1-2-3-4-5;;;/h2-3H,4H2,1H3;;;/q;+2;2*-1/b3-2+;;;. The maximum absolute atomic E-state index is 5.21. The van der Waals surface area contributed by atoms with Crippen molar-refractivity contribution in [2.24, 2.45) is 0 Å². The molecule has 34 valence electrons. The summed E-state index contributed by atoms with van der Waals surface area (Å²) in [5, 5.41) is 0. The van der Waals surface area contributed by atoms with E-state index in [4.69, 9.17) is 11.6 Å². The summed E-state index contributed by atoms with van der Waals surface area (Å²) < 4.78 is 0. The molecule has 0 aromatic heterocycles. The first-order valence-electron chi connectivity index (χ1n) is 1.59. The van der Waals surface area contributed by atoms with Crippen LogP contribution in [0.5, 0.6) is 0 Å². The quantitative estimate of drug-likeness (QED) is 0.278. The van der Waals surface area contributed by atoms with Gasteiger partial charge in [-0.25, -0.2) is 0 Å². The molecule has 0 unspecified atom stereocenters. The van der Waals surface area contributed by atoms with Crippen LogP contribution in [-0.4, -0.2) is 28.9 Å². The number of halogens is 1. The summed E-state index contributed by atoms with van der Waals surface area (Å²) in [6.45, 7) is 1.95. The Morgan fingerprint density at radius 3 is 2.33 bits per heavy atom. The molecular formula is C4H9ClMg. The zero-order valence-corrected chi connectivity index (χ0v) is 6.12. The molecule has 0 atom stereocenters. The number of alkyl halides is 1. The molecule has 0 radical (unpaired) electrons.